The SMILES string of the molecule is CCCCC(CC)C(=O)N1CCC2(CC1)C(=O)N(CC(=O)NCCc1ccc(Cl)cc1Cl)CN2c1ccccc1. The molecule has 0 aliphatic carbocycles. The average Bonchev–Trinajstić information content (AvgIpc) is 3.21. The molecule has 2 saturated heterocycles. The number of hydrogen-bond donors (Lipinski definition) is 1. The maximum Gasteiger partial charge on any atom is 0.250 e. The van der Waals surface area contributed by atoms with Gasteiger partial charge in [0, 0.05) is 41.3 Å². The van der Waals surface area contributed by atoms with Gasteiger partial charge >= 0.3 is 0 Å². The van der Waals surface area contributed by atoms with Gasteiger partial charge in [0.05, 0.1) is 6.67 Å². The monoisotopic (exact) mass is 586 g/mol. The van der Waals surface area contributed by atoms with Crippen LogP contribution in [-0.4, -0.2) is 65.9 Å². The minimum atomic E-state index is -0.764. The molecule has 2 heterocycles. The molecule has 9 heteroatoms. The number of hydrogen-bond acceptors (Lipinski definition) is 4. The number of anilines is 1. The van der Waals surface area contributed by atoms with Crippen LogP contribution in [0.1, 0.15) is 57.9 Å². The fourth-order valence-corrected chi connectivity index (χ4v) is 6.42. The van der Waals surface area contributed by atoms with Crippen molar-refractivity contribution in [1.82, 2.24) is 15.1 Å². The summed E-state index contributed by atoms with van der Waals surface area (Å²) in [4.78, 5) is 45.8. The number of piperidine rings is 1. The van der Waals surface area contributed by atoms with E-state index in [4.69, 9.17) is 23.2 Å². The van der Waals surface area contributed by atoms with E-state index in [0.717, 1.165) is 36.9 Å². The lowest BCUT2D eigenvalue weighted by Gasteiger charge is -2.44. The molecule has 40 heavy (non-hydrogen) atoms. The van der Waals surface area contributed by atoms with Crippen LogP contribution in [0, 0.1) is 5.92 Å². The molecule has 0 saturated carbocycles. The number of benzene rings is 2. The summed E-state index contributed by atoms with van der Waals surface area (Å²) >= 11 is 12.2. The number of carbonyl (C=O) groups excluding carboxylic acids is 3. The van der Waals surface area contributed by atoms with Gasteiger partial charge in [0.1, 0.15) is 12.1 Å². The molecule has 1 atom stereocenters. The first kappa shape index (κ1) is 30.2. The smallest absolute Gasteiger partial charge is 0.250 e. The molecule has 4 rings (SSSR count). The molecular formula is C31H40Cl2N4O3. The first-order valence-corrected chi connectivity index (χ1v) is 15.2. The van der Waals surface area contributed by atoms with Gasteiger partial charge in [0.25, 0.3) is 5.91 Å². The molecule has 7 nitrogen and oxygen atoms in total. The van der Waals surface area contributed by atoms with Crippen LogP contribution in [-0.2, 0) is 20.8 Å². The molecular weight excluding hydrogens is 547 g/mol. The second-order valence-corrected chi connectivity index (χ2v) is 11.7. The average molecular weight is 588 g/mol. The van der Waals surface area contributed by atoms with Crippen molar-refractivity contribution in [2.45, 2.75) is 64.3 Å². The first-order valence-electron chi connectivity index (χ1n) is 14.4. The molecule has 1 unspecified atom stereocenters. The molecule has 1 N–H and O–H groups in total. The summed E-state index contributed by atoms with van der Waals surface area (Å²) in [5, 5.41) is 4.06. The molecule has 3 amide bonds. The highest BCUT2D eigenvalue weighted by atomic mass is 35.5. The number of likely N-dealkylation sites (tertiary alicyclic amines) is 1. The highest BCUT2D eigenvalue weighted by molar-refractivity contribution is 6.35. The number of unbranched alkanes of at least 4 members (excludes halogenated alkanes) is 1. The van der Waals surface area contributed by atoms with Crippen LogP contribution < -0.4 is 10.2 Å². The van der Waals surface area contributed by atoms with E-state index >= 15 is 0 Å². The van der Waals surface area contributed by atoms with Crippen molar-refractivity contribution in [2.75, 3.05) is 37.7 Å². The third-order valence-electron chi connectivity index (χ3n) is 8.30. The van der Waals surface area contributed by atoms with E-state index in [1.54, 1.807) is 17.0 Å². The lowest BCUT2D eigenvalue weighted by atomic mass is 9.84. The largest absolute Gasteiger partial charge is 0.354 e. The predicted octanol–water partition coefficient (Wildman–Crippen LogP) is 5.54. The van der Waals surface area contributed by atoms with Crippen LogP contribution in [0.15, 0.2) is 48.5 Å². The van der Waals surface area contributed by atoms with Crippen LogP contribution in [0.3, 0.4) is 0 Å². The van der Waals surface area contributed by atoms with Crippen LogP contribution in [0.5, 0.6) is 0 Å². The maximum atomic E-state index is 14.0. The van der Waals surface area contributed by atoms with Gasteiger partial charge in [-0.15, -0.1) is 0 Å². The zero-order valence-electron chi connectivity index (χ0n) is 23.5. The van der Waals surface area contributed by atoms with Crippen molar-refractivity contribution in [1.29, 1.82) is 0 Å². The molecule has 2 aliphatic rings. The number of rotatable bonds is 11. The predicted molar refractivity (Wildman–Crippen MR) is 161 cm³/mol. The van der Waals surface area contributed by atoms with Gasteiger partial charge in [0.15, 0.2) is 0 Å². The lowest BCUT2D eigenvalue weighted by Crippen LogP contribution is -2.58. The summed E-state index contributed by atoms with van der Waals surface area (Å²) < 4.78 is 0. The fraction of sp³-hybridized carbons (Fsp3) is 0.516. The van der Waals surface area contributed by atoms with E-state index in [2.05, 4.69) is 24.1 Å². The summed E-state index contributed by atoms with van der Waals surface area (Å²) in [7, 11) is 0. The van der Waals surface area contributed by atoms with Crippen molar-refractivity contribution in [3.63, 3.8) is 0 Å². The quantitative estimate of drug-likeness (QED) is 0.375. The molecule has 2 fully saturated rings. The van der Waals surface area contributed by atoms with Crippen molar-refractivity contribution >= 4 is 46.6 Å². The van der Waals surface area contributed by atoms with Gasteiger partial charge in [-0.1, -0.05) is 74.2 Å². The number of halogens is 2. The molecule has 2 aromatic carbocycles. The second kappa shape index (κ2) is 13.7. The summed E-state index contributed by atoms with van der Waals surface area (Å²) in [6, 6.07) is 15.2. The molecule has 0 radical (unpaired) electrons. The number of nitrogens with one attached hydrogen (secondary N) is 1. The lowest BCUT2D eigenvalue weighted by molar-refractivity contribution is -0.142. The zero-order chi connectivity index (χ0) is 28.7. The topological polar surface area (TPSA) is 73.0 Å². The maximum absolute atomic E-state index is 14.0. The first-order chi connectivity index (χ1) is 19.3. The summed E-state index contributed by atoms with van der Waals surface area (Å²) in [5.41, 5.74) is 1.09. The fourth-order valence-electron chi connectivity index (χ4n) is 5.92. The Morgan fingerprint density at radius 3 is 2.42 bits per heavy atom. The van der Waals surface area contributed by atoms with Crippen molar-refractivity contribution < 1.29 is 14.4 Å². The standard InChI is InChI=1S/C31H40Cl2N4O3/c1-3-5-9-23(4-2)29(39)35-18-15-31(16-19-35)30(40)36(22-37(31)26-10-7-6-8-11-26)21-28(38)34-17-14-24-12-13-25(32)20-27(24)33/h6-8,10-13,20,23H,3-5,9,14-19,21-22H2,1-2H3,(H,34,38). The molecule has 2 aromatic rings. The van der Waals surface area contributed by atoms with E-state index in [1.165, 1.54) is 0 Å². The number of para-hydroxylation sites is 1. The molecule has 216 valence electrons. The van der Waals surface area contributed by atoms with Gasteiger partial charge in [0.2, 0.25) is 11.8 Å². The molecule has 1 spiro atoms. The van der Waals surface area contributed by atoms with Crippen LogP contribution in [0.4, 0.5) is 5.69 Å². The number of amides is 3. The minimum Gasteiger partial charge on any atom is -0.354 e. The third kappa shape index (κ3) is 6.74. The van der Waals surface area contributed by atoms with E-state index in [-0.39, 0.29) is 30.2 Å². The Morgan fingerprint density at radius 2 is 1.77 bits per heavy atom. The van der Waals surface area contributed by atoms with Crippen molar-refractivity contribution in [3.8, 4) is 0 Å². The Morgan fingerprint density at radius 1 is 1.05 bits per heavy atom. The Balaban J connectivity index is 1.42. The second-order valence-electron chi connectivity index (χ2n) is 10.8. The number of nitrogens with zero attached hydrogens (tertiary/aromatic N) is 3. The van der Waals surface area contributed by atoms with Crippen LogP contribution in [0.2, 0.25) is 10.0 Å². The van der Waals surface area contributed by atoms with E-state index in [0.29, 0.717) is 55.6 Å². The van der Waals surface area contributed by atoms with Gasteiger partial charge in [-0.05, 0) is 61.9 Å². The van der Waals surface area contributed by atoms with E-state index in [9.17, 15) is 14.4 Å². The third-order valence-corrected chi connectivity index (χ3v) is 8.89. The Kier molecular flexibility index (Phi) is 10.4. The summed E-state index contributed by atoms with van der Waals surface area (Å²) in [6.45, 7) is 6.03. The van der Waals surface area contributed by atoms with Gasteiger partial charge in [-0.2, -0.15) is 0 Å². The zero-order valence-corrected chi connectivity index (χ0v) is 25.0. The normalized spacial score (nSPS) is 17.4. The highest BCUT2D eigenvalue weighted by Crippen LogP contribution is 2.40. The Hall–Kier alpha value is -2.77. The van der Waals surface area contributed by atoms with E-state index in [1.807, 2.05) is 41.3 Å². The van der Waals surface area contributed by atoms with Gasteiger partial charge in [-0.3, -0.25) is 14.4 Å². The summed E-state index contributed by atoms with van der Waals surface area (Å²) in [6.07, 6.45) is 5.53. The molecule has 2 aliphatic heterocycles. The minimum absolute atomic E-state index is 0.0180. The molecule has 0 aromatic heterocycles. The highest BCUT2D eigenvalue weighted by Gasteiger charge is 2.54. The van der Waals surface area contributed by atoms with Gasteiger partial charge in [-0.25, -0.2) is 0 Å². The number of carbonyl (C=O) groups is 3. The van der Waals surface area contributed by atoms with Crippen LogP contribution in [0.25, 0.3) is 0 Å². The molecule has 0 bridgehead atoms. The van der Waals surface area contributed by atoms with Crippen LogP contribution >= 0.6 is 23.2 Å². The van der Waals surface area contributed by atoms with E-state index < -0.39 is 5.54 Å². The Bertz CT molecular complexity index is 1180. The van der Waals surface area contributed by atoms with Crippen molar-refractivity contribution in [3.05, 3.63) is 64.1 Å². The van der Waals surface area contributed by atoms with Gasteiger partial charge < -0.3 is 20.0 Å². The summed E-state index contributed by atoms with van der Waals surface area (Å²) in [5.74, 6) is -0.00354. The van der Waals surface area contributed by atoms with Crippen molar-refractivity contribution in [2.24, 2.45) is 5.92 Å². The Labute approximate surface area is 247 Å².